The zero-order valence-electron chi connectivity index (χ0n) is 18.8. The Morgan fingerprint density at radius 2 is 1.72 bits per heavy atom. The highest BCUT2D eigenvalue weighted by Gasteiger charge is 2.22. The maximum absolute atomic E-state index is 12.6. The Bertz CT molecular complexity index is 1050. The smallest absolute Gasteiger partial charge is 0.357 e. The molecule has 1 fully saturated rings. The summed E-state index contributed by atoms with van der Waals surface area (Å²) in [4.78, 5) is 25.2. The number of benzene rings is 2. The molecule has 7 heteroatoms. The van der Waals surface area contributed by atoms with Crippen LogP contribution in [-0.4, -0.2) is 60.7 Å². The molecule has 0 atom stereocenters. The summed E-state index contributed by atoms with van der Waals surface area (Å²) in [6.45, 7) is 4.19. The first-order valence-corrected chi connectivity index (χ1v) is 11.4. The van der Waals surface area contributed by atoms with Crippen molar-refractivity contribution in [3.05, 3.63) is 59.2 Å². The SMILES string of the molecule is CCOC(=O)c1[nH]c(-c2ccc(N3CCC(N(C)C)CC3)cc2)nc1-c1ccc(Cl)cc1. The van der Waals surface area contributed by atoms with Gasteiger partial charge in [-0.15, -0.1) is 0 Å². The first-order chi connectivity index (χ1) is 15.5. The van der Waals surface area contributed by atoms with Crippen molar-refractivity contribution in [2.45, 2.75) is 25.8 Å². The van der Waals surface area contributed by atoms with Gasteiger partial charge in [-0.1, -0.05) is 23.7 Å². The average molecular weight is 453 g/mol. The number of carbonyl (C=O) groups is 1. The summed E-state index contributed by atoms with van der Waals surface area (Å²) in [5.74, 6) is 0.215. The van der Waals surface area contributed by atoms with Crippen LogP contribution in [0.4, 0.5) is 5.69 Å². The van der Waals surface area contributed by atoms with Crippen molar-refractivity contribution in [1.29, 1.82) is 0 Å². The number of imidazole rings is 1. The lowest BCUT2D eigenvalue weighted by Gasteiger charge is -2.36. The van der Waals surface area contributed by atoms with E-state index in [4.69, 9.17) is 21.3 Å². The van der Waals surface area contributed by atoms with Gasteiger partial charge in [0.1, 0.15) is 11.5 Å². The molecule has 0 spiro atoms. The minimum absolute atomic E-state index is 0.298. The van der Waals surface area contributed by atoms with E-state index in [0.29, 0.717) is 34.9 Å². The number of hydrogen-bond donors (Lipinski definition) is 1. The van der Waals surface area contributed by atoms with Crippen LogP contribution in [0.2, 0.25) is 5.02 Å². The minimum atomic E-state index is -0.420. The molecule has 2 aromatic carbocycles. The third-order valence-electron chi connectivity index (χ3n) is 6.00. The average Bonchev–Trinajstić information content (AvgIpc) is 3.25. The predicted molar refractivity (Wildman–Crippen MR) is 129 cm³/mol. The number of aromatic nitrogens is 2. The number of H-pyrrole nitrogens is 1. The number of halogens is 1. The van der Waals surface area contributed by atoms with Crippen LogP contribution in [0.5, 0.6) is 0 Å². The monoisotopic (exact) mass is 452 g/mol. The Morgan fingerprint density at radius 1 is 1.09 bits per heavy atom. The molecule has 0 radical (unpaired) electrons. The molecule has 0 amide bonds. The normalized spacial score (nSPS) is 14.7. The van der Waals surface area contributed by atoms with Crippen molar-refractivity contribution in [3.8, 4) is 22.6 Å². The van der Waals surface area contributed by atoms with E-state index < -0.39 is 5.97 Å². The highest BCUT2D eigenvalue weighted by molar-refractivity contribution is 6.30. The van der Waals surface area contributed by atoms with Crippen molar-refractivity contribution < 1.29 is 9.53 Å². The molecule has 1 N–H and O–H groups in total. The molecule has 6 nitrogen and oxygen atoms in total. The molecule has 1 aliphatic rings. The van der Waals surface area contributed by atoms with Crippen LogP contribution in [-0.2, 0) is 4.74 Å². The van der Waals surface area contributed by atoms with E-state index in [2.05, 4.69) is 41.0 Å². The van der Waals surface area contributed by atoms with Crippen LogP contribution < -0.4 is 4.90 Å². The number of piperidine rings is 1. The van der Waals surface area contributed by atoms with Gasteiger partial charge >= 0.3 is 5.97 Å². The lowest BCUT2D eigenvalue weighted by atomic mass is 10.0. The third-order valence-corrected chi connectivity index (χ3v) is 6.25. The molecule has 3 aromatic rings. The van der Waals surface area contributed by atoms with E-state index in [9.17, 15) is 4.79 Å². The van der Waals surface area contributed by atoms with Gasteiger partial charge in [0.25, 0.3) is 0 Å². The first kappa shape index (κ1) is 22.4. The van der Waals surface area contributed by atoms with Crippen molar-refractivity contribution in [3.63, 3.8) is 0 Å². The maximum atomic E-state index is 12.6. The van der Waals surface area contributed by atoms with Gasteiger partial charge in [0.15, 0.2) is 5.69 Å². The predicted octanol–water partition coefficient (Wildman–Crippen LogP) is 5.10. The van der Waals surface area contributed by atoms with E-state index in [-0.39, 0.29) is 0 Å². The molecule has 0 unspecified atom stereocenters. The Labute approximate surface area is 194 Å². The number of anilines is 1. The summed E-state index contributed by atoms with van der Waals surface area (Å²) in [7, 11) is 4.31. The molecule has 1 aliphatic heterocycles. The van der Waals surface area contributed by atoms with E-state index in [1.54, 1.807) is 19.1 Å². The lowest BCUT2D eigenvalue weighted by Crippen LogP contribution is -2.41. The van der Waals surface area contributed by atoms with Crippen LogP contribution in [0.1, 0.15) is 30.3 Å². The van der Waals surface area contributed by atoms with Gasteiger partial charge in [-0.2, -0.15) is 0 Å². The number of hydrogen-bond acceptors (Lipinski definition) is 5. The lowest BCUT2D eigenvalue weighted by molar-refractivity contribution is 0.0521. The van der Waals surface area contributed by atoms with E-state index >= 15 is 0 Å². The quantitative estimate of drug-likeness (QED) is 0.527. The van der Waals surface area contributed by atoms with Gasteiger partial charge in [-0.3, -0.25) is 0 Å². The molecule has 1 saturated heterocycles. The van der Waals surface area contributed by atoms with Gasteiger partial charge < -0.3 is 19.5 Å². The van der Waals surface area contributed by atoms with Crippen LogP contribution >= 0.6 is 11.6 Å². The molecular weight excluding hydrogens is 424 g/mol. The topological polar surface area (TPSA) is 61.5 Å². The third kappa shape index (κ3) is 4.81. The molecule has 0 aliphatic carbocycles. The molecule has 32 heavy (non-hydrogen) atoms. The first-order valence-electron chi connectivity index (χ1n) is 11.0. The van der Waals surface area contributed by atoms with Gasteiger partial charge in [0, 0.05) is 41.0 Å². The number of esters is 1. The van der Waals surface area contributed by atoms with Gasteiger partial charge in [0.2, 0.25) is 0 Å². The van der Waals surface area contributed by atoms with Gasteiger partial charge in [0.05, 0.1) is 6.61 Å². The summed E-state index contributed by atoms with van der Waals surface area (Å²) in [6, 6.07) is 16.3. The standard InChI is InChI=1S/C25H29ClN4O2/c1-4-32-25(31)23-22(17-5-9-19(26)10-6-17)27-24(28-23)18-7-11-21(12-8-18)30-15-13-20(14-16-30)29(2)3/h5-12,20H,4,13-16H2,1-3H3,(H,27,28). The van der Waals surface area contributed by atoms with E-state index in [0.717, 1.165) is 24.2 Å². The highest BCUT2D eigenvalue weighted by Crippen LogP contribution is 2.29. The van der Waals surface area contributed by atoms with Crippen molar-refractivity contribution >= 4 is 23.3 Å². The van der Waals surface area contributed by atoms with Gasteiger partial charge in [-0.05, 0) is 70.3 Å². The highest BCUT2D eigenvalue weighted by atomic mass is 35.5. The van der Waals surface area contributed by atoms with Crippen molar-refractivity contribution in [2.75, 3.05) is 38.7 Å². The Balaban J connectivity index is 1.59. The number of nitrogens with one attached hydrogen (secondary N) is 1. The van der Waals surface area contributed by atoms with Gasteiger partial charge in [-0.25, -0.2) is 9.78 Å². The molecular formula is C25H29ClN4O2. The fourth-order valence-corrected chi connectivity index (χ4v) is 4.27. The summed E-state index contributed by atoms with van der Waals surface area (Å²) < 4.78 is 5.24. The molecule has 0 bridgehead atoms. The maximum Gasteiger partial charge on any atom is 0.357 e. The summed E-state index contributed by atoms with van der Waals surface area (Å²) >= 11 is 6.03. The molecule has 168 valence electrons. The number of rotatable bonds is 6. The molecule has 2 heterocycles. The fraction of sp³-hybridized carbons (Fsp3) is 0.360. The Hall–Kier alpha value is -2.83. The molecule has 1 aromatic heterocycles. The number of aromatic amines is 1. The number of nitrogens with zero attached hydrogens (tertiary/aromatic N) is 3. The van der Waals surface area contributed by atoms with Crippen molar-refractivity contribution in [2.24, 2.45) is 0 Å². The summed E-state index contributed by atoms with van der Waals surface area (Å²) in [5.41, 5.74) is 3.84. The Kier molecular flexibility index (Phi) is 6.82. The van der Waals surface area contributed by atoms with Crippen LogP contribution in [0.15, 0.2) is 48.5 Å². The molecule has 4 rings (SSSR count). The second-order valence-electron chi connectivity index (χ2n) is 8.27. The fourth-order valence-electron chi connectivity index (χ4n) is 4.15. The van der Waals surface area contributed by atoms with Crippen molar-refractivity contribution in [1.82, 2.24) is 14.9 Å². The summed E-state index contributed by atoms with van der Waals surface area (Å²) in [5, 5.41) is 0.632. The van der Waals surface area contributed by atoms with Crippen LogP contribution in [0, 0.1) is 0 Å². The van der Waals surface area contributed by atoms with E-state index in [1.165, 1.54) is 18.5 Å². The number of carbonyl (C=O) groups excluding carboxylic acids is 1. The zero-order chi connectivity index (χ0) is 22.7. The second-order valence-corrected chi connectivity index (χ2v) is 8.70. The summed E-state index contributed by atoms with van der Waals surface area (Å²) in [6.07, 6.45) is 2.33. The minimum Gasteiger partial charge on any atom is -0.461 e. The zero-order valence-corrected chi connectivity index (χ0v) is 19.5. The largest absolute Gasteiger partial charge is 0.461 e. The number of ether oxygens (including phenoxy) is 1. The van der Waals surface area contributed by atoms with Crippen LogP contribution in [0.25, 0.3) is 22.6 Å². The van der Waals surface area contributed by atoms with E-state index in [1.807, 2.05) is 24.3 Å². The molecule has 0 saturated carbocycles. The Morgan fingerprint density at radius 3 is 2.31 bits per heavy atom. The van der Waals surface area contributed by atoms with Crippen LogP contribution in [0.3, 0.4) is 0 Å². The second kappa shape index (κ2) is 9.76.